The van der Waals surface area contributed by atoms with E-state index >= 15 is 0 Å². The van der Waals surface area contributed by atoms with E-state index in [0.717, 1.165) is 0 Å². The van der Waals surface area contributed by atoms with Gasteiger partial charge in [-0.2, -0.15) is 0 Å². The molecule has 0 aromatic heterocycles. The van der Waals surface area contributed by atoms with Crippen molar-refractivity contribution in [2.24, 2.45) is 5.73 Å². The Balaban J connectivity index is 2.38. The van der Waals surface area contributed by atoms with Gasteiger partial charge < -0.3 is 10.5 Å². The summed E-state index contributed by atoms with van der Waals surface area (Å²) in [6, 6.07) is 7.97. The minimum absolute atomic E-state index is 0.282. The number of rotatable bonds is 1. The second-order valence-electron chi connectivity index (χ2n) is 4.68. The molecule has 0 saturated heterocycles. The molecule has 0 heterocycles. The van der Waals surface area contributed by atoms with Gasteiger partial charge in [-0.15, -0.1) is 0 Å². The molecule has 2 N–H and O–H groups in total. The van der Waals surface area contributed by atoms with Crippen molar-refractivity contribution in [1.82, 2.24) is 0 Å². The van der Waals surface area contributed by atoms with Gasteiger partial charge in [0.2, 0.25) is 0 Å². The van der Waals surface area contributed by atoms with Gasteiger partial charge in [-0.3, -0.25) is 0 Å². The summed E-state index contributed by atoms with van der Waals surface area (Å²) in [5, 5.41) is 0. The average molecular weight is 275 g/mol. The van der Waals surface area contributed by atoms with Crippen LogP contribution in [0.25, 0.3) is 11.1 Å². The van der Waals surface area contributed by atoms with E-state index in [1.165, 1.54) is 43.5 Å². The van der Waals surface area contributed by atoms with Gasteiger partial charge in [-0.25, -0.2) is 13.6 Å². The SMILES string of the molecule is COC(=O)C1(N)c2cc(F)ccc2-c2ccc(F)cc21. The summed E-state index contributed by atoms with van der Waals surface area (Å²) >= 11 is 0. The molecule has 1 aliphatic rings. The summed E-state index contributed by atoms with van der Waals surface area (Å²) in [7, 11) is 1.19. The maximum absolute atomic E-state index is 13.5. The molecule has 0 bridgehead atoms. The van der Waals surface area contributed by atoms with Gasteiger partial charge in [0.05, 0.1) is 7.11 Å². The third-order valence-electron chi connectivity index (χ3n) is 3.61. The second kappa shape index (κ2) is 4.11. The molecule has 0 amide bonds. The van der Waals surface area contributed by atoms with Gasteiger partial charge in [0.15, 0.2) is 5.54 Å². The Hall–Kier alpha value is -2.27. The third-order valence-corrected chi connectivity index (χ3v) is 3.61. The number of halogens is 2. The van der Waals surface area contributed by atoms with Crippen molar-refractivity contribution in [2.75, 3.05) is 7.11 Å². The molecule has 20 heavy (non-hydrogen) atoms. The average Bonchev–Trinajstić information content (AvgIpc) is 2.68. The Labute approximate surface area is 114 Å². The minimum Gasteiger partial charge on any atom is -0.467 e. The Kier molecular flexibility index (Phi) is 2.62. The molecule has 3 nitrogen and oxygen atoms in total. The fourth-order valence-electron chi connectivity index (χ4n) is 2.68. The van der Waals surface area contributed by atoms with Gasteiger partial charge in [0.1, 0.15) is 11.6 Å². The van der Waals surface area contributed by atoms with E-state index in [4.69, 9.17) is 10.5 Å². The molecule has 0 saturated carbocycles. The quantitative estimate of drug-likeness (QED) is 0.813. The predicted molar refractivity (Wildman–Crippen MR) is 68.8 cm³/mol. The van der Waals surface area contributed by atoms with Crippen molar-refractivity contribution in [3.05, 3.63) is 59.2 Å². The lowest BCUT2D eigenvalue weighted by molar-refractivity contribution is -0.145. The van der Waals surface area contributed by atoms with E-state index in [-0.39, 0.29) is 11.1 Å². The number of ether oxygens (including phenoxy) is 1. The minimum atomic E-state index is -1.69. The zero-order chi connectivity index (χ0) is 14.5. The van der Waals surface area contributed by atoms with E-state index in [2.05, 4.69) is 0 Å². The number of carbonyl (C=O) groups excluding carboxylic acids is 1. The normalized spacial score (nSPS) is 14.6. The van der Waals surface area contributed by atoms with Crippen molar-refractivity contribution in [3.8, 4) is 11.1 Å². The number of nitrogens with two attached hydrogens (primary N) is 1. The van der Waals surface area contributed by atoms with E-state index in [1.807, 2.05) is 0 Å². The predicted octanol–water partition coefficient (Wildman–Crippen LogP) is 2.32. The number of esters is 1. The maximum atomic E-state index is 13.5. The summed E-state index contributed by atoms with van der Waals surface area (Å²) < 4.78 is 31.7. The summed E-state index contributed by atoms with van der Waals surface area (Å²) in [6.45, 7) is 0. The monoisotopic (exact) mass is 275 g/mol. The van der Waals surface area contributed by atoms with Crippen LogP contribution in [0.5, 0.6) is 0 Å². The maximum Gasteiger partial charge on any atom is 0.335 e. The van der Waals surface area contributed by atoms with Crippen LogP contribution in [0.2, 0.25) is 0 Å². The molecule has 0 spiro atoms. The van der Waals surface area contributed by atoms with Crippen LogP contribution in [0.1, 0.15) is 11.1 Å². The standard InChI is InChI=1S/C15H11F2NO2/c1-20-14(19)15(18)12-6-8(16)2-4-10(12)11-5-3-9(17)7-13(11)15/h2-7H,18H2,1H3. The zero-order valence-corrected chi connectivity index (χ0v) is 10.6. The molecular formula is C15H11F2NO2. The van der Waals surface area contributed by atoms with Crippen LogP contribution in [0.15, 0.2) is 36.4 Å². The highest BCUT2D eigenvalue weighted by molar-refractivity contribution is 5.97. The number of methoxy groups -OCH3 is 1. The van der Waals surface area contributed by atoms with Crippen LogP contribution < -0.4 is 5.73 Å². The van der Waals surface area contributed by atoms with Crippen LogP contribution in [0.3, 0.4) is 0 Å². The Morgan fingerprint density at radius 2 is 1.50 bits per heavy atom. The molecule has 102 valence electrons. The topological polar surface area (TPSA) is 52.3 Å². The molecule has 3 rings (SSSR count). The summed E-state index contributed by atoms with van der Waals surface area (Å²) in [6.07, 6.45) is 0. The van der Waals surface area contributed by atoms with E-state index in [1.54, 1.807) is 0 Å². The first-order chi connectivity index (χ1) is 9.48. The highest BCUT2D eigenvalue weighted by atomic mass is 19.1. The first-order valence-electron chi connectivity index (χ1n) is 5.96. The molecule has 2 aromatic carbocycles. The highest BCUT2D eigenvalue weighted by Crippen LogP contribution is 2.46. The second-order valence-corrected chi connectivity index (χ2v) is 4.68. The van der Waals surface area contributed by atoms with Crippen LogP contribution in [-0.2, 0) is 15.1 Å². The smallest absolute Gasteiger partial charge is 0.335 e. The van der Waals surface area contributed by atoms with E-state index < -0.39 is 23.1 Å². The van der Waals surface area contributed by atoms with Crippen molar-refractivity contribution >= 4 is 5.97 Å². The largest absolute Gasteiger partial charge is 0.467 e. The summed E-state index contributed by atoms with van der Waals surface area (Å²) in [5.41, 5.74) is 6.25. The molecule has 0 aliphatic heterocycles. The van der Waals surface area contributed by atoms with Crippen molar-refractivity contribution < 1.29 is 18.3 Å². The van der Waals surface area contributed by atoms with E-state index in [9.17, 15) is 13.6 Å². The molecule has 0 fully saturated rings. The lowest BCUT2D eigenvalue weighted by Crippen LogP contribution is -2.45. The molecule has 2 aromatic rings. The number of carbonyl (C=O) groups is 1. The van der Waals surface area contributed by atoms with Crippen LogP contribution >= 0.6 is 0 Å². The van der Waals surface area contributed by atoms with E-state index in [0.29, 0.717) is 11.1 Å². The van der Waals surface area contributed by atoms with Crippen molar-refractivity contribution in [2.45, 2.75) is 5.54 Å². The van der Waals surface area contributed by atoms with Gasteiger partial charge >= 0.3 is 5.97 Å². The Morgan fingerprint density at radius 3 is 1.90 bits per heavy atom. The van der Waals surface area contributed by atoms with Crippen LogP contribution in [0, 0.1) is 11.6 Å². The number of fused-ring (bicyclic) bond motifs is 3. The molecule has 0 radical (unpaired) electrons. The van der Waals surface area contributed by atoms with Crippen LogP contribution in [-0.4, -0.2) is 13.1 Å². The summed E-state index contributed by atoms with van der Waals surface area (Å²) in [5.74, 6) is -1.79. The Morgan fingerprint density at radius 1 is 1.05 bits per heavy atom. The lowest BCUT2D eigenvalue weighted by atomic mass is 9.88. The van der Waals surface area contributed by atoms with Crippen molar-refractivity contribution in [1.29, 1.82) is 0 Å². The molecular weight excluding hydrogens is 264 g/mol. The van der Waals surface area contributed by atoms with Gasteiger partial charge in [-0.05, 0) is 46.5 Å². The number of hydrogen-bond acceptors (Lipinski definition) is 3. The van der Waals surface area contributed by atoms with Gasteiger partial charge in [0, 0.05) is 0 Å². The summed E-state index contributed by atoms with van der Waals surface area (Å²) in [4.78, 5) is 12.1. The molecule has 5 heteroatoms. The fraction of sp³-hybridized carbons (Fsp3) is 0.133. The molecule has 1 aliphatic carbocycles. The zero-order valence-electron chi connectivity index (χ0n) is 10.6. The molecule has 0 atom stereocenters. The first-order valence-corrected chi connectivity index (χ1v) is 5.96. The number of hydrogen-bond donors (Lipinski definition) is 1. The molecule has 0 unspecified atom stereocenters. The first kappa shape index (κ1) is 12.7. The van der Waals surface area contributed by atoms with Gasteiger partial charge in [0.25, 0.3) is 0 Å². The van der Waals surface area contributed by atoms with Gasteiger partial charge in [-0.1, -0.05) is 12.1 Å². The highest BCUT2D eigenvalue weighted by Gasteiger charge is 2.47. The number of benzene rings is 2. The Bertz CT molecular complexity index is 676. The third kappa shape index (κ3) is 1.50. The van der Waals surface area contributed by atoms with Crippen molar-refractivity contribution in [3.63, 3.8) is 0 Å². The fourth-order valence-corrected chi connectivity index (χ4v) is 2.68. The van der Waals surface area contributed by atoms with Crippen LogP contribution in [0.4, 0.5) is 8.78 Å². The lowest BCUT2D eigenvalue weighted by Gasteiger charge is -2.23.